The molecule has 0 atom stereocenters. The normalized spacial score (nSPS) is 14.9. The molecule has 0 unspecified atom stereocenters. The van der Waals surface area contributed by atoms with Crippen molar-refractivity contribution in [2.45, 2.75) is 19.3 Å². The summed E-state index contributed by atoms with van der Waals surface area (Å²) in [6, 6.07) is 15.9. The van der Waals surface area contributed by atoms with E-state index >= 15 is 0 Å². The monoisotopic (exact) mass is 298 g/mol. The molecular weight excluding hydrogens is 284 g/mol. The summed E-state index contributed by atoms with van der Waals surface area (Å²) in [6.07, 6.45) is 0. The van der Waals surface area contributed by atoms with Gasteiger partial charge < -0.3 is 0 Å². The van der Waals surface area contributed by atoms with Gasteiger partial charge >= 0.3 is 0 Å². The Morgan fingerprint density at radius 1 is 0.565 bits per heavy atom. The van der Waals surface area contributed by atoms with Gasteiger partial charge in [0.15, 0.2) is 0 Å². The van der Waals surface area contributed by atoms with E-state index in [9.17, 15) is 0 Å². The molecule has 2 aromatic heterocycles. The van der Waals surface area contributed by atoms with E-state index < -0.39 is 0 Å². The van der Waals surface area contributed by atoms with Crippen molar-refractivity contribution in [2.75, 3.05) is 0 Å². The maximum Gasteiger partial charge on any atom is 0.114 e. The van der Waals surface area contributed by atoms with Gasteiger partial charge in [0.05, 0.1) is 38.9 Å². The minimum atomic E-state index is -0.293. The molecule has 0 saturated carbocycles. The first kappa shape index (κ1) is 12.6. The van der Waals surface area contributed by atoms with Crippen LogP contribution in [0.1, 0.15) is 25.2 Å². The molecule has 0 spiro atoms. The van der Waals surface area contributed by atoms with E-state index in [2.05, 4.69) is 13.8 Å². The van der Waals surface area contributed by atoms with Crippen molar-refractivity contribution in [3.8, 4) is 11.4 Å². The molecular formula is C19H14N4. The van der Waals surface area contributed by atoms with Crippen LogP contribution in [0.3, 0.4) is 0 Å². The van der Waals surface area contributed by atoms with Gasteiger partial charge in [-0.25, -0.2) is 19.9 Å². The fourth-order valence-corrected chi connectivity index (χ4v) is 3.31. The van der Waals surface area contributed by atoms with Crippen molar-refractivity contribution in [3.05, 3.63) is 59.9 Å². The molecule has 4 nitrogen and oxygen atoms in total. The van der Waals surface area contributed by atoms with Crippen LogP contribution in [0.2, 0.25) is 0 Å². The molecule has 2 heterocycles. The molecule has 0 fully saturated rings. The zero-order valence-electron chi connectivity index (χ0n) is 12.9. The highest BCUT2D eigenvalue weighted by Gasteiger charge is 2.41. The zero-order chi connectivity index (χ0) is 15.6. The number of para-hydroxylation sites is 4. The predicted molar refractivity (Wildman–Crippen MR) is 90.2 cm³/mol. The Bertz CT molecular complexity index is 1010. The van der Waals surface area contributed by atoms with Gasteiger partial charge in [-0.2, -0.15) is 0 Å². The molecule has 23 heavy (non-hydrogen) atoms. The van der Waals surface area contributed by atoms with E-state index in [1.165, 1.54) is 0 Å². The molecule has 110 valence electrons. The van der Waals surface area contributed by atoms with Crippen LogP contribution in [-0.2, 0) is 5.41 Å². The van der Waals surface area contributed by atoms with Gasteiger partial charge in [0.1, 0.15) is 11.4 Å². The van der Waals surface area contributed by atoms with Crippen molar-refractivity contribution < 1.29 is 0 Å². The third-order valence-electron chi connectivity index (χ3n) is 4.55. The van der Waals surface area contributed by atoms with Crippen LogP contribution in [0.15, 0.2) is 48.5 Å². The average Bonchev–Trinajstić information content (AvgIpc) is 2.79. The number of fused-ring (bicyclic) bond motifs is 5. The molecule has 1 aliphatic rings. The lowest BCUT2D eigenvalue weighted by molar-refractivity contribution is 0.618. The first-order valence-corrected chi connectivity index (χ1v) is 7.69. The molecule has 4 aromatic rings. The second-order valence-electron chi connectivity index (χ2n) is 6.44. The second kappa shape index (κ2) is 4.10. The number of aromatic nitrogens is 4. The largest absolute Gasteiger partial charge is 0.248 e. The average molecular weight is 298 g/mol. The Kier molecular flexibility index (Phi) is 2.25. The van der Waals surface area contributed by atoms with Crippen LogP contribution in [0, 0.1) is 0 Å². The van der Waals surface area contributed by atoms with Crippen molar-refractivity contribution in [2.24, 2.45) is 0 Å². The summed E-state index contributed by atoms with van der Waals surface area (Å²) in [5.41, 5.74) is 6.97. The van der Waals surface area contributed by atoms with Gasteiger partial charge in [0.2, 0.25) is 0 Å². The SMILES string of the molecule is CC1(C)c2nc3ccccc3nc2-c2nc3ccccc3nc21. The smallest absolute Gasteiger partial charge is 0.114 e. The van der Waals surface area contributed by atoms with Gasteiger partial charge in [0, 0.05) is 0 Å². The summed E-state index contributed by atoms with van der Waals surface area (Å²) in [5.74, 6) is 0. The molecule has 0 saturated heterocycles. The molecule has 0 aliphatic heterocycles. The van der Waals surface area contributed by atoms with Crippen LogP contribution in [0.25, 0.3) is 33.5 Å². The quantitative estimate of drug-likeness (QED) is 0.494. The van der Waals surface area contributed by atoms with Crippen LogP contribution in [0.4, 0.5) is 0 Å². The molecule has 2 aromatic carbocycles. The van der Waals surface area contributed by atoms with E-state index in [4.69, 9.17) is 19.9 Å². The minimum Gasteiger partial charge on any atom is -0.248 e. The number of rotatable bonds is 0. The maximum absolute atomic E-state index is 4.87. The van der Waals surface area contributed by atoms with Crippen molar-refractivity contribution in [1.82, 2.24) is 19.9 Å². The standard InChI is InChI=1S/C19H14N4/c1-19(2)17-15(20-11-7-3-5-9-13(11)22-17)16-18(19)23-14-10-6-4-8-12(14)21-16/h3-10H,1-2H3. The Morgan fingerprint density at radius 3 is 1.30 bits per heavy atom. The fraction of sp³-hybridized carbons (Fsp3) is 0.158. The van der Waals surface area contributed by atoms with Gasteiger partial charge in [-0.1, -0.05) is 24.3 Å². The van der Waals surface area contributed by atoms with Gasteiger partial charge in [-0.05, 0) is 38.1 Å². The maximum atomic E-state index is 4.87. The number of hydrogen-bond acceptors (Lipinski definition) is 4. The third-order valence-corrected chi connectivity index (χ3v) is 4.55. The number of nitrogens with zero attached hydrogens (tertiary/aromatic N) is 4. The van der Waals surface area contributed by atoms with Gasteiger partial charge in [0.25, 0.3) is 0 Å². The summed E-state index contributed by atoms with van der Waals surface area (Å²) in [5, 5.41) is 0. The van der Waals surface area contributed by atoms with E-state index in [1.54, 1.807) is 0 Å². The highest BCUT2D eigenvalue weighted by molar-refractivity contribution is 5.85. The molecule has 0 radical (unpaired) electrons. The summed E-state index contributed by atoms with van der Waals surface area (Å²) in [6.45, 7) is 4.29. The second-order valence-corrected chi connectivity index (χ2v) is 6.44. The van der Waals surface area contributed by atoms with E-state index in [0.29, 0.717) is 0 Å². The van der Waals surface area contributed by atoms with Crippen LogP contribution < -0.4 is 0 Å². The first-order valence-electron chi connectivity index (χ1n) is 7.69. The first-order chi connectivity index (χ1) is 11.1. The Labute approximate surface area is 133 Å². The molecule has 5 rings (SSSR count). The fourth-order valence-electron chi connectivity index (χ4n) is 3.31. The summed E-state index contributed by atoms with van der Waals surface area (Å²) in [4.78, 5) is 19.4. The lowest BCUT2D eigenvalue weighted by atomic mass is 9.89. The van der Waals surface area contributed by atoms with Gasteiger partial charge in [-0.3, -0.25) is 0 Å². The molecule has 4 heteroatoms. The molecule has 0 bridgehead atoms. The highest BCUT2D eigenvalue weighted by Crippen LogP contribution is 2.45. The molecule has 0 amide bonds. The third kappa shape index (κ3) is 1.60. The lowest BCUT2D eigenvalue weighted by Gasteiger charge is -2.18. The van der Waals surface area contributed by atoms with E-state index in [1.807, 2.05) is 48.5 Å². The Morgan fingerprint density at radius 2 is 0.913 bits per heavy atom. The Hall–Kier alpha value is -2.88. The van der Waals surface area contributed by atoms with Crippen LogP contribution in [0.5, 0.6) is 0 Å². The van der Waals surface area contributed by atoms with Crippen molar-refractivity contribution in [1.29, 1.82) is 0 Å². The summed E-state index contributed by atoms with van der Waals surface area (Å²) >= 11 is 0. The molecule has 0 N–H and O–H groups in total. The van der Waals surface area contributed by atoms with E-state index in [0.717, 1.165) is 44.8 Å². The minimum absolute atomic E-state index is 0.293. The number of benzene rings is 2. The Balaban J connectivity index is 1.92. The number of hydrogen-bond donors (Lipinski definition) is 0. The van der Waals surface area contributed by atoms with Crippen molar-refractivity contribution in [3.63, 3.8) is 0 Å². The van der Waals surface area contributed by atoms with Crippen molar-refractivity contribution >= 4 is 22.1 Å². The summed E-state index contributed by atoms with van der Waals surface area (Å²) in [7, 11) is 0. The van der Waals surface area contributed by atoms with Crippen LogP contribution >= 0.6 is 0 Å². The predicted octanol–water partition coefficient (Wildman–Crippen LogP) is 3.88. The summed E-state index contributed by atoms with van der Waals surface area (Å²) < 4.78 is 0. The van der Waals surface area contributed by atoms with E-state index in [-0.39, 0.29) is 5.41 Å². The molecule has 1 aliphatic carbocycles. The lowest BCUT2D eigenvalue weighted by Crippen LogP contribution is -2.18. The van der Waals surface area contributed by atoms with Gasteiger partial charge in [-0.15, -0.1) is 0 Å². The topological polar surface area (TPSA) is 51.6 Å². The highest BCUT2D eigenvalue weighted by atomic mass is 15.0. The zero-order valence-corrected chi connectivity index (χ0v) is 12.9. The van der Waals surface area contributed by atoms with Crippen LogP contribution in [-0.4, -0.2) is 19.9 Å².